The third kappa shape index (κ3) is 3.70. The van der Waals surface area contributed by atoms with Crippen LogP contribution in [0.2, 0.25) is 0 Å². The molecule has 1 atom stereocenters. The van der Waals surface area contributed by atoms with Gasteiger partial charge in [0.25, 0.3) is 10.0 Å². The number of benzene rings is 2. The summed E-state index contributed by atoms with van der Waals surface area (Å²) in [7, 11) is -4.05. The minimum absolute atomic E-state index is 0.0529. The topological polar surface area (TPSA) is 102 Å². The second-order valence-electron chi connectivity index (χ2n) is 5.77. The summed E-state index contributed by atoms with van der Waals surface area (Å²) in [6.45, 7) is 2.29. The summed E-state index contributed by atoms with van der Waals surface area (Å²) < 4.78 is 32.3. The van der Waals surface area contributed by atoms with Gasteiger partial charge in [-0.1, -0.05) is 18.2 Å². The highest BCUT2D eigenvalue weighted by Crippen LogP contribution is 2.32. The molecule has 7 nitrogen and oxygen atoms in total. The van der Waals surface area contributed by atoms with E-state index < -0.39 is 21.8 Å². The van der Waals surface area contributed by atoms with Gasteiger partial charge >= 0.3 is 0 Å². The molecule has 1 aliphatic rings. The molecular formula is C18H18N2O5S. The van der Waals surface area contributed by atoms with E-state index in [1.54, 1.807) is 24.3 Å². The third-order valence-corrected chi connectivity index (χ3v) is 5.36. The molecule has 0 saturated heterocycles. The van der Waals surface area contributed by atoms with Crippen LogP contribution in [-0.2, 0) is 19.6 Å². The lowest BCUT2D eigenvalue weighted by molar-refractivity contribution is -0.125. The van der Waals surface area contributed by atoms with Crippen molar-refractivity contribution in [2.75, 3.05) is 11.9 Å². The highest BCUT2D eigenvalue weighted by molar-refractivity contribution is 7.90. The molecule has 0 aromatic heterocycles. The van der Waals surface area contributed by atoms with Crippen molar-refractivity contribution in [2.45, 2.75) is 24.2 Å². The van der Waals surface area contributed by atoms with Crippen LogP contribution in [0.4, 0.5) is 5.69 Å². The minimum Gasteiger partial charge on any atom is -0.494 e. The van der Waals surface area contributed by atoms with E-state index in [2.05, 4.69) is 10.0 Å². The zero-order chi connectivity index (χ0) is 18.7. The van der Waals surface area contributed by atoms with Crippen LogP contribution in [0, 0.1) is 0 Å². The summed E-state index contributed by atoms with van der Waals surface area (Å²) in [5.41, 5.74) is 1.11. The average Bonchev–Trinajstić information content (AvgIpc) is 2.61. The number of para-hydroxylation sites is 1. The molecule has 136 valence electrons. The number of hydrogen-bond donors (Lipinski definition) is 2. The fourth-order valence-electron chi connectivity index (χ4n) is 2.79. The van der Waals surface area contributed by atoms with E-state index in [9.17, 15) is 18.0 Å². The Balaban J connectivity index is 1.82. The number of anilines is 1. The van der Waals surface area contributed by atoms with Gasteiger partial charge in [-0.3, -0.25) is 9.59 Å². The van der Waals surface area contributed by atoms with Crippen molar-refractivity contribution in [3.63, 3.8) is 0 Å². The summed E-state index contributed by atoms with van der Waals surface area (Å²) in [4.78, 5) is 24.3. The molecule has 0 radical (unpaired) electrons. The molecule has 2 aromatic rings. The first kappa shape index (κ1) is 17.9. The van der Waals surface area contributed by atoms with E-state index in [-0.39, 0.29) is 17.2 Å². The predicted octanol–water partition coefficient (Wildman–Crippen LogP) is 2.02. The van der Waals surface area contributed by atoms with Crippen LogP contribution in [0.5, 0.6) is 5.75 Å². The summed E-state index contributed by atoms with van der Waals surface area (Å²) in [5, 5.41) is 2.68. The first-order chi connectivity index (χ1) is 12.4. The number of nitrogens with one attached hydrogen (secondary N) is 2. The number of rotatable bonds is 5. The molecule has 2 amide bonds. The number of carbonyl (C=O) groups is 2. The Morgan fingerprint density at radius 1 is 1.19 bits per heavy atom. The second kappa shape index (κ2) is 7.17. The molecule has 1 heterocycles. The van der Waals surface area contributed by atoms with Crippen LogP contribution in [0.3, 0.4) is 0 Å². The molecule has 8 heteroatoms. The van der Waals surface area contributed by atoms with Crippen LogP contribution >= 0.6 is 0 Å². The summed E-state index contributed by atoms with van der Waals surface area (Å²) in [5.74, 6) is -1.39. The zero-order valence-corrected chi connectivity index (χ0v) is 14.9. The Bertz CT molecular complexity index is 938. The number of fused-ring (bicyclic) bond motifs is 1. The number of ether oxygens (including phenoxy) is 1. The van der Waals surface area contributed by atoms with Crippen molar-refractivity contribution in [3.8, 4) is 5.75 Å². The molecule has 0 saturated carbocycles. The van der Waals surface area contributed by atoms with Crippen molar-refractivity contribution < 1.29 is 22.7 Å². The highest BCUT2D eigenvalue weighted by atomic mass is 32.2. The van der Waals surface area contributed by atoms with Gasteiger partial charge < -0.3 is 10.1 Å². The predicted molar refractivity (Wildman–Crippen MR) is 95.4 cm³/mol. The quantitative estimate of drug-likeness (QED) is 0.834. The summed E-state index contributed by atoms with van der Waals surface area (Å²) in [6.07, 6.45) is -0.109. The number of sulfonamides is 1. The van der Waals surface area contributed by atoms with Crippen molar-refractivity contribution in [1.29, 1.82) is 0 Å². The van der Waals surface area contributed by atoms with Crippen molar-refractivity contribution in [2.24, 2.45) is 0 Å². The molecule has 0 aliphatic carbocycles. The van der Waals surface area contributed by atoms with Crippen LogP contribution in [0.25, 0.3) is 0 Å². The fourth-order valence-corrected chi connectivity index (χ4v) is 3.81. The fraction of sp³-hybridized carbons (Fsp3) is 0.222. The van der Waals surface area contributed by atoms with Gasteiger partial charge in [0.15, 0.2) is 0 Å². The van der Waals surface area contributed by atoms with E-state index in [0.717, 1.165) is 0 Å². The van der Waals surface area contributed by atoms with Crippen molar-refractivity contribution >= 4 is 27.5 Å². The van der Waals surface area contributed by atoms with Gasteiger partial charge in [-0.05, 0) is 42.8 Å². The van der Waals surface area contributed by atoms with Gasteiger partial charge in [-0.25, -0.2) is 13.1 Å². The molecule has 0 bridgehead atoms. The molecule has 2 N–H and O–H groups in total. The first-order valence-electron chi connectivity index (χ1n) is 8.09. The molecule has 3 rings (SSSR count). The maximum absolute atomic E-state index is 12.6. The van der Waals surface area contributed by atoms with Crippen LogP contribution in [0.15, 0.2) is 53.4 Å². The van der Waals surface area contributed by atoms with E-state index in [4.69, 9.17) is 4.74 Å². The maximum Gasteiger partial charge on any atom is 0.264 e. The van der Waals surface area contributed by atoms with E-state index >= 15 is 0 Å². The normalized spacial score (nSPS) is 16.3. The Morgan fingerprint density at radius 3 is 2.58 bits per heavy atom. The SMILES string of the molecule is CCOc1ccc(S(=O)(=O)NC(=O)[C@H]2CC(=O)Nc3ccccc32)cc1. The van der Waals surface area contributed by atoms with Gasteiger partial charge in [0, 0.05) is 12.1 Å². The zero-order valence-electron chi connectivity index (χ0n) is 14.1. The Hall–Kier alpha value is -2.87. The molecule has 0 spiro atoms. The van der Waals surface area contributed by atoms with Gasteiger partial charge in [0.1, 0.15) is 5.75 Å². The van der Waals surface area contributed by atoms with Gasteiger partial charge in [0.05, 0.1) is 17.4 Å². The van der Waals surface area contributed by atoms with Gasteiger partial charge in [-0.15, -0.1) is 0 Å². The number of carbonyl (C=O) groups excluding carboxylic acids is 2. The Morgan fingerprint density at radius 2 is 1.88 bits per heavy atom. The van der Waals surface area contributed by atoms with Crippen LogP contribution in [-0.4, -0.2) is 26.8 Å². The highest BCUT2D eigenvalue weighted by Gasteiger charge is 2.32. The molecular weight excluding hydrogens is 356 g/mol. The standard InChI is InChI=1S/C18H18N2O5S/c1-2-25-12-7-9-13(10-8-12)26(23,24)20-18(22)15-11-17(21)19-16-6-4-3-5-14(15)16/h3-10,15H,2,11H2,1H3,(H,19,21)(H,20,22)/t15-/m0/s1. The number of hydrogen-bond acceptors (Lipinski definition) is 5. The summed E-state index contributed by atoms with van der Waals surface area (Å²) in [6, 6.07) is 12.6. The lowest BCUT2D eigenvalue weighted by Gasteiger charge is -2.24. The van der Waals surface area contributed by atoms with E-state index in [1.807, 2.05) is 6.92 Å². The first-order valence-corrected chi connectivity index (χ1v) is 9.57. The van der Waals surface area contributed by atoms with Crippen molar-refractivity contribution in [1.82, 2.24) is 4.72 Å². The monoisotopic (exact) mass is 374 g/mol. The largest absolute Gasteiger partial charge is 0.494 e. The summed E-state index contributed by atoms with van der Waals surface area (Å²) >= 11 is 0. The lowest BCUT2D eigenvalue weighted by atomic mass is 9.90. The third-order valence-electron chi connectivity index (χ3n) is 4.00. The van der Waals surface area contributed by atoms with E-state index in [1.165, 1.54) is 24.3 Å². The molecule has 0 fully saturated rings. The van der Waals surface area contributed by atoms with Crippen LogP contribution in [0.1, 0.15) is 24.8 Å². The molecule has 26 heavy (non-hydrogen) atoms. The molecule has 0 unspecified atom stereocenters. The minimum atomic E-state index is -4.05. The molecule has 1 aliphatic heterocycles. The second-order valence-corrected chi connectivity index (χ2v) is 7.45. The van der Waals surface area contributed by atoms with E-state index in [0.29, 0.717) is 23.6 Å². The average molecular weight is 374 g/mol. The van der Waals surface area contributed by atoms with Gasteiger partial charge in [-0.2, -0.15) is 0 Å². The Labute approximate surface area is 151 Å². The number of amides is 2. The van der Waals surface area contributed by atoms with Crippen LogP contribution < -0.4 is 14.8 Å². The molecule has 2 aromatic carbocycles. The maximum atomic E-state index is 12.6. The van der Waals surface area contributed by atoms with Crippen molar-refractivity contribution in [3.05, 3.63) is 54.1 Å². The lowest BCUT2D eigenvalue weighted by Crippen LogP contribution is -2.38. The smallest absolute Gasteiger partial charge is 0.264 e. The Kier molecular flexibility index (Phi) is 4.94. The van der Waals surface area contributed by atoms with Gasteiger partial charge in [0.2, 0.25) is 11.8 Å².